The highest BCUT2D eigenvalue weighted by Gasteiger charge is 2.43. The largest absolute Gasteiger partial charge is 0.481 e. The van der Waals surface area contributed by atoms with Crippen LogP contribution in [0.1, 0.15) is 46.0 Å². The normalized spacial score (nSPS) is 33.1. The zero-order valence-electron chi connectivity index (χ0n) is 11.2. The van der Waals surface area contributed by atoms with Crippen molar-refractivity contribution in [1.82, 2.24) is 5.32 Å². The van der Waals surface area contributed by atoms with E-state index in [1.807, 2.05) is 0 Å². The molecule has 0 aromatic rings. The van der Waals surface area contributed by atoms with E-state index in [2.05, 4.69) is 19.2 Å². The Morgan fingerprint density at radius 3 is 2.39 bits per heavy atom. The van der Waals surface area contributed by atoms with Crippen molar-refractivity contribution < 1.29 is 14.7 Å². The van der Waals surface area contributed by atoms with Crippen LogP contribution >= 0.6 is 0 Å². The first-order valence-electron chi connectivity index (χ1n) is 6.96. The number of rotatable bonds is 5. The van der Waals surface area contributed by atoms with E-state index in [0.29, 0.717) is 18.9 Å². The van der Waals surface area contributed by atoms with Gasteiger partial charge in [0, 0.05) is 6.54 Å². The summed E-state index contributed by atoms with van der Waals surface area (Å²) in [5, 5.41) is 12.2. The number of carbonyl (C=O) groups is 2. The molecule has 0 aliphatic heterocycles. The lowest BCUT2D eigenvalue weighted by Crippen LogP contribution is -2.37. The van der Waals surface area contributed by atoms with Gasteiger partial charge in [-0.3, -0.25) is 9.59 Å². The molecule has 0 heterocycles. The second kappa shape index (κ2) is 4.90. The molecule has 0 spiro atoms. The van der Waals surface area contributed by atoms with Crippen molar-refractivity contribution in [3.05, 3.63) is 0 Å². The molecular formula is C14H23NO3. The van der Waals surface area contributed by atoms with Crippen molar-refractivity contribution in [3.63, 3.8) is 0 Å². The maximum atomic E-state index is 12.1. The standard InChI is InChI=1S/C14H23NO3/c1-3-9-6-10(11(7-9)13(17)18)12(16)15-8-14(2)4-5-14/h9-11H,3-8H2,1-2H3,(H,15,16)(H,17,18)/t9?,10-,11+/m0/s1. The molecule has 18 heavy (non-hydrogen) atoms. The second-order valence-corrected chi connectivity index (χ2v) is 6.33. The summed E-state index contributed by atoms with van der Waals surface area (Å²) in [6.45, 7) is 4.92. The molecule has 0 aromatic heterocycles. The minimum absolute atomic E-state index is 0.0496. The maximum absolute atomic E-state index is 12.1. The lowest BCUT2D eigenvalue weighted by Gasteiger charge is -2.17. The third-order valence-electron chi connectivity index (χ3n) is 4.68. The van der Waals surface area contributed by atoms with Crippen LogP contribution in [0.2, 0.25) is 0 Å². The van der Waals surface area contributed by atoms with Crippen LogP contribution in [0.4, 0.5) is 0 Å². The van der Waals surface area contributed by atoms with Gasteiger partial charge in [0.1, 0.15) is 0 Å². The van der Waals surface area contributed by atoms with Gasteiger partial charge in [0.25, 0.3) is 0 Å². The Kier molecular flexibility index (Phi) is 3.64. The molecule has 2 rings (SSSR count). The molecule has 1 amide bonds. The zero-order valence-corrected chi connectivity index (χ0v) is 11.2. The predicted octanol–water partition coefficient (Wildman–Crippen LogP) is 2.04. The quantitative estimate of drug-likeness (QED) is 0.788. The minimum Gasteiger partial charge on any atom is -0.481 e. The van der Waals surface area contributed by atoms with Crippen LogP contribution in [0.5, 0.6) is 0 Å². The summed E-state index contributed by atoms with van der Waals surface area (Å²) in [6, 6.07) is 0. The number of hydrogen-bond acceptors (Lipinski definition) is 2. The molecule has 3 atom stereocenters. The lowest BCUT2D eigenvalue weighted by atomic mass is 9.95. The van der Waals surface area contributed by atoms with Gasteiger partial charge in [-0.15, -0.1) is 0 Å². The molecule has 4 nitrogen and oxygen atoms in total. The van der Waals surface area contributed by atoms with Crippen molar-refractivity contribution >= 4 is 11.9 Å². The van der Waals surface area contributed by atoms with Crippen LogP contribution in [0.25, 0.3) is 0 Å². The fraction of sp³-hybridized carbons (Fsp3) is 0.857. The Balaban J connectivity index is 1.92. The van der Waals surface area contributed by atoms with E-state index in [1.165, 1.54) is 0 Å². The highest BCUT2D eigenvalue weighted by atomic mass is 16.4. The smallest absolute Gasteiger partial charge is 0.307 e. The first kappa shape index (κ1) is 13.4. The summed E-state index contributed by atoms with van der Waals surface area (Å²) in [7, 11) is 0. The molecule has 1 unspecified atom stereocenters. The van der Waals surface area contributed by atoms with Crippen molar-refractivity contribution in [2.75, 3.05) is 6.54 Å². The Labute approximate surface area is 108 Å². The van der Waals surface area contributed by atoms with Crippen molar-refractivity contribution in [2.24, 2.45) is 23.2 Å². The first-order valence-corrected chi connectivity index (χ1v) is 6.96. The molecule has 4 heteroatoms. The molecule has 2 aliphatic rings. The molecular weight excluding hydrogens is 230 g/mol. The molecule has 2 aliphatic carbocycles. The van der Waals surface area contributed by atoms with Gasteiger partial charge < -0.3 is 10.4 Å². The van der Waals surface area contributed by atoms with Crippen LogP contribution in [-0.2, 0) is 9.59 Å². The van der Waals surface area contributed by atoms with E-state index in [4.69, 9.17) is 0 Å². The number of carboxylic acid groups (broad SMARTS) is 1. The number of carbonyl (C=O) groups excluding carboxylic acids is 1. The van der Waals surface area contributed by atoms with Crippen LogP contribution in [0.15, 0.2) is 0 Å². The van der Waals surface area contributed by atoms with E-state index in [-0.39, 0.29) is 17.2 Å². The van der Waals surface area contributed by atoms with Crippen LogP contribution < -0.4 is 5.32 Å². The van der Waals surface area contributed by atoms with Gasteiger partial charge in [-0.2, -0.15) is 0 Å². The summed E-state index contributed by atoms with van der Waals surface area (Å²) in [5.74, 6) is -1.29. The second-order valence-electron chi connectivity index (χ2n) is 6.33. The van der Waals surface area contributed by atoms with E-state index >= 15 is 0 Å². The third kappa shape index (κ3) is 2.85. The fourth-order valence-corrected chi connectivity index (χ4v) is 2.86. The van der Waals surface area contributed by atoms with E-state index in [9.17, 15) is 14.7 Å². The van der Waals surface area contributed by atoms with Crippen LogP contribution in [0, 0.1) is 23.2 Å². The minimum atomic E-state index is -0.816. The van der Waals surface area contributed by atoms with Gasteiger partial charge in [-0.1, -0.05) is 20.3 Å². The van der Waals surface area contributed by atoms with Crippen LogP contribution in [0.3, 0.4) is 0 Å². The Bertz CT molecular complexity index is 349. The summed E-state index contributed by atoms with van der Waals surface area (Å²) in [5.41, 5.74) is 0.275. The summed E-state index contributed by atoms with van der Waals surface area (Å²) in [6.07, 6.45) is 4.68. The number of carboxylic acids is 1. The molecule has 0 bridgehead atoms. The number of hydrogen-bond donors (Lipinski definition) is 2. The number of amides is 1. The van der Waals surface area contributed by atoms with Gasteiger partial charge in [0.2, 0.25) is 5.91 Å². The Morgan fingerprint density at radius 2 is 1.89 bits per heavy atom. The van der Waals surface area contributed by atoms with Gasteiger partial charge in [-0.25, -0.2) is 0 Å². The van der Waals surface area contributed by atoms with E-state index in [1.54, 1.807) is 0 Å². The van der Waals surface area contributed by atoms with Gasteiger partial charge in [0.05, 0.1) is 11.8 Å². The molecule has 2 fully saturated rings. The van der Waals surface area contributed by atoms with Crippen molar-refractivity contribution in [2.45, 2.75) is 46.0 Å². The maximum Gasteiger partial charge on any atom is 0.307 e. The Morgan fingerprint density at radius 1 is 1.28 bits per heavy atom. The summed E-state index contributed by atoms with van der Waals surface area (Å²) >= 11 is 0. The van der Waals surface area contributed by atoms with Gasteiger partial charge in [0.15, 0.2) is 0 Å². The van der Waals surface area contributed by atoms with Crippen LogP contribution in [-0.4, -0.2) is 23.5 Å². The van der Waals surface area contributed by atoms with Gasteiger partial charge in [-0.05, 0) is 37.0 Å². The molecule has 0 radical (unpaired) electrons. The monoisotopic (exact) mass is 253 g/mol. The SMILES string of the molecule is CCC1C[C@H](C(=O)NCC2(C)CC2)[C@H](C(=O)O)C1. The number of nitrogens with one attached hydrogen (secondary N) is 1. The van der Waals surface area contributed by atoms with E-state index in [0.717, 1.165) is 25.7 Å². The fourth-order valence-electron chi connectivity index (χ4n) is 2.86. The molecule has 0 saturated heterocycles. The average Bonchev–Trinajstić information content (AvgIpc) is 2.92. The third-order valence-corrected chi connectivity index (χ3v) is 4.68. The molecule has 2 N–H and O–H groups in total. The number of aliphatic carboxylic acids is 1. The topological polar surface area (TPSA) is 66.4 Å². The summed E-state index contributed by atoms with van der Waals surface area (Å²) in [4.78, 5) is 23.3. The molecule has 2 saturated carbocycles. The van der Waals surface area contributed by atoms with Gasteiger partial charge >= 0.3 is 5.97 Å². The summed E-state index contributed by atoms with van der Waals surface area (Å²) < 4.78 is 0. The first-order chi connectivity index (χ1) is 8.45. The average molecular weight is 253 g/mol. The highest BCUT2D eigenvalue weighted by molar-refractivity contribution is 5.85. The Hall–Kier alpha value is -1.06. The van der Waals surface area contributed by atoms with E-state index < -0.39 is 11.9 Å². The lowest BCUT2D eigenvalue weighted by molar-refractivity contribution is -0.146. The highest BCUT2D eigenvalue weighted by Crippen LogP contribution is 2.44. The molecule has 102 valence electrons. The van der Waals surface area contributed by atoms with Crippen molar-refractivity contribution in [1.29, 1.82) is 0 Å². The zero-order chi connectivity index (χ0) is 13.3. The predicted molar refractivity (Wildman–Crippen MR) is 68.0 cm³/mol. The van der Waals surface area contributed by atoms with Crippen molar-refractivity contribution in [3.8, 4) is 0 Å². The molecule has 0 aromatic carbocycles.